The molecule has 54 valence electrons. The largest absolute Gasteiger partial charge is 0.381 e. The van der Waals surface area contributed by atoms with E-state index < -0.39 is 12.1 Å². The highest BCUT2D eigenvalue weighted by molar-refractivity contribution is 5.73. The molecule has 0 radical (unpaired) electrons. The van der Waals surface area contributed by atoms with Crippen LogP contribution in [0, 0.1) is 0 Å². The van der Waals surface area contributed by atoms with Gasteiger partial charge in [-0.3, -0.25) is 4.89 Å². The molecule has 0 amide bonds. The lowest BCUT2D eigenvalue weighted by atomic mass is 10.3. The Hall–Kier alpha value is -0.610. The smallest absolute Gasteiger partial charge is 0.370 e. The molecule has 4 heteroatoms. The number of aliphatic hydroxyl groups is 1. The van der Waals surface area contributed by atoms with Gasteiger partial charge in [0.2, 0.25) is 0 Å². The molecule has 9 heavy (non-hydrogen) atoms. The van der Waals surface area contributed by atoms with Gasteiger partial charge in [-0.25, -0.2) is 4.79 Å². The summed E-state index contributed by atoms with van der Waals surface area (Å²) in [6.07, 6.45) is -0.729. The summed E-state index contributed by atoms with van der Waals surface area (Å²) in [5, 5.41) is 8.70. The van der Waals surface area contributed by atoms with Crippen molar-refractivity contribution >= 4 is 5.97 Å². The predicted octanol–water partition coefficient (Wildman–Crippen LogP) is -0.138. The highest BCUT2D eigenvalue weighted by Gasteiger charge is 2.13. The van der Waals surface area contributed by atoms with Crippen LogP contribution in [0.4, 0.5) is 0 Å². The molecule has 0 saturated heterocycles. The highest BCUT2D eigenvalue weighted by atomic mass is 17.2. The van der Waals surface area contributed by atoms with E-state index in [1.54, 1.807) is 6.92 Å². The number of hydrogen-bond donors (Lipinski definition) is 1. The predicted molar refractivity (Wildman–Crippen MR) is 29.4 cm³/mol. The van der Waals surface area contributed by atoms with E-state index in [1.807, 2.05) is 0 Å². The van der Waals surface area contributed by atoms with E-state index in [1.165, 1.54) is 7.11 Å². The number of carbonyl (C=O) groups is 1. The lowest BCUT2D eigenvalue weighted by molar-refractivity contribution is -0.262. The summed E-state index contributed by atoms with van der Waals surface area (Å²) in [4.78, 5) is 18.4. The Labute approximate surface area is 53.3 Å². The molecule has 0 aliphatic heterocycles. The van der Waals surface area contributed by atoms with Gasteiger partial charge in [0.05, 0.1) is 7.11 Å². The fourth-order valence-electron chi connectivity index (χ4n) is 0.304. The molecule has 0 fully saturated rings. The van der Waals surface area contributed by atoms with Crippen LogP contribution < -0.4 is 0 Å². The van der Waals surface area contributed by atoms with Crippen molar-refractivity contribution in [2.45, 2.75) is 19.4 Å². The summed E-state index contributed by atoms with van der Waals surface area (Å²) >= 11 is 0. The molecule has 0 bridgehead atoms. The normalized spacial score (nSPS) is 12.8. The summed E-state index contributed by atoms with van der Waals surface area (Å²) < 4.78 is 0. The topological polar surface area (TPSA) is 55.8 Å². The van der Waals surface area contributed by atoms with Gasteiger partial charge in [-0.2, -0.15) is 4.89 Å². The fourth-order valence-corrected chi connectivity index (χ4v) is 0.304. The number of hydrogen-bond acceptors (Lipinski definition) is 4. The summed E-state index contributed by atoms with van der Waals surface area (Å²) in [5.41, 5.74) is 0. The maximum atomic E-state index is 10.4. The van der Waals surface area contributed by atoms with Crippen LogP contribution in [0.25, 0.3) is 0 Å². The number of carbonyl (C=O) groups excluding carboxylic acids is 1. The quantitative estimate of drug-likeness (QED) is 0.431. The van der Waals surface area contributed by atoms with E-state index in [9.17, 15) is 4.79 Å². The molecule has 4 nitrogen and oxygen atoms in total. The molecule has 0 unspecified atom stereocenters. The lowest BCUT2D eigenvalue weighted by Gasteiger charge is -2.02. The van der Waals surface area contributed by atoms with Crippen molar-refractivity contribution < 1.29 is 19.7 Å². The first-order valence-electron chi connectivity index (χ1n) is 2.65. The summed E-state index contributed by atoms with van der Waals surface area (Å²) in [7, 11) is 1.21. The maximum absolute atomic E-state index is 10.4. The van der Waals surface area contributed by atoms with Crippen LogP contribution in [0.1, 0.15) is 13.3 Å². The van der Waals surface area contributed by atoms with Gasteiger partial charge in [0.25, 0.3) is 0 Å². The Morgan fingerprint density at radius 1 is 1.78 bits per heavy atom. The van der Waals surface area contributed by atoms with Gasteiger partial charge in [-0.15, -0.1) is 0 Å². The van der Waals surface area contributed by atoms with Gasteiger partial charge in [-0.1, -0.05) is 6.92 Å². The zero-order valence-electron chi connectivity index (χ0n) is 5.46. The van der Waals surface area contributed by atoms with E-state index in [0.717, 1.165) is 0 Å². The van der Waals surface area contributed by atoms with E-state index in [0.29, 0.717) is 6.42 Å². The Kier molecular flexibility index (Phi) is 4.00. The average Bonchev–Trinajstić information content (AvgIpc) is 1.87. The Morgan fingerprint density at radius 2 is 2.33 bits per heavy atom. The second-order valence-electron chi connectivity index (χ2n) is 1.49. The minimum atomic E-state index is -1.06. The van der Waals surface area contributed by atoms with Gasteiger partial charge >= 0.3 is 5.97 Å². The van der Waals surface area contributed by atoms with Gasteiger partial charge < -0.3 is 5.11 Å². The van der Waals surface area contributed by atoms with Crippen LogP contribution >= 0.6 is 0 Å². The zero-order chi connectivity index (χ0) is 7.28. The van der Waals surface area contributed by atoms with Crippen molar-refractivity contribution in [3.63, 3.8) is 0 Å². The van der Waals surface area contributed by atoms with Crippen molar-refractivity contribution in [3.8, 4) is 0 Å². The van der Waals surface area contributed by atoms with E-state index in [-0.39, 0.29) is 0 Å². The second-order valence-corrected chi connectivity index (χ2v) is 1.49. The first-order chi connectivity index (χ1) is 4.22. The summed E-state index contributed by atoms with van der Waals surface area (Å²) in [5.74, 6) is -0.750. The third kappa shape index (κ3) is 3.05. The van der Waals surface area contributed by atoms with Crippen LogP contribution in [0.5, 0.6) is 0 Å². The zero-order valence-corrected chi connectivity index (χ0v) is 5.46. The van der Waals surface area contributed by atoms with Gasteiger partial charge in [0, 0.05) is 0 Å². The molecule has 0 saturated carbocycles. The molecule has 1 N–H and O–H groups in total. The second kappa shape index (κ2) is 4.29. The molecular weight excluding hydrogens is 124 g/mol. The van der Waals surface area contributed by atoms with Crippen LogP contribution in [-0.2, 0) is 14.6 Å². The minimum Gasteiger partial charge on any atom is -0.381 e. The summed E-state index contributed by atoms with van der Waals surface area (Å²) in [6.45, 7) is 1.67. The number of aliphatic hydroxyl groups excluding tert-OH is 1. The maximum Gasteiger partial charge on any atom is 0.370 e. The molecule has 0 aliphatic carbocycles. The molecule has 0 spiro atoms. The third-order valence-electron chi connectivity index (χ3n) is 0.824. The minimum absolute atomic E-state index is 0.336. The van der Waals surface area contributed by atoms with Crippen molar-refractivity contribution in [2.75, 3.05) is 7.11 Å². The van der Waals surface area contributed by atoms with E-state index >= 15 is 0 Å². The van der Waals surface area contributed by atoms with Crippen molar-refractivity contribution in [3.05, 3.63) is 0 Å². The fraction of sp³-hybridized carbons (Fsp3) is 0.800. The lowest BCUT2D eigenvalue weighted by Crippen LogP contribution is -2.21. The van der Waals surface area contributed by atoms with Crippen LogP contribution in [-0.4, -0.2) is 24.3 Å². The van der Waals surface area contributed by atoms with Gasteiger partial charge in [-0.05, 0) is 6.42 Å². The number of rotatable bonds is 3. The molecule has 0 aromatic heterocycles. The molecule has 0 aromatic carbocycles. The standard InChI is InChI=1S/C5H10O4/c1-3-4(6)5(7)9-8-2/h4,6H,3H2,1-2H3/t4-/m0/s1. The van der Waals surface area contributed by atoms with Crippen molar-refractivity contribution in [2.24, 2.45) is 0 Å². The first kappa shape index (κ1) is 8.39. The van der Waals surface area contributed by atoms with Crippen LogP contribution in [0.2, 0.25) is 0 Å². The SMILES string of the molecule is CC[C@H](O)C(=O)OOC. The van der Waals surface area contributed by atoms with Crippen molar-refractivity contribution in [1.29, 1.82) is 0 Å². The molecule has 1 atom stereocenters. The molecular formula is C5H10O4. The molecule has 0 heterocycles. The monoisotopic (exact) mass is 134 g/mol. The van der Waals surface area contributed by atoms with Gasteiger partial charge in [0.15, 0.2) is 6.10 Å². The third-order valence-corrected chi connectivity index (χ3v) is 0.824. The van der Waals surface area contributed by atoms with E-state index in [4.69, 9.17) is 5.11 Å². The molecule has 0 aliphatic rings. The highest BCUT2D eigenvalue weighted by Crippen LogP contribution is 1.92. The molecule has 0 aromatic rings. The Bertz CT molecular complexity index is 91.0. The molecule has 0 rings (SSSR count). The Morgan fingerprint density at radius 3 is 2.67 bits per heavy atom. The van der Waals surface area contributed by atoms with E-state index in [2.05, 4.69) is 9.78 Å². The van der Waals surface area contributed by atoms with Crippen LogP contribution in [0.15, 0.2) is 0 Å². The summed E-state index contributed by atoms with van der Waals surface area (Å²) in [6, 6.07) is 0. The van der Waals surface area contributed by atoms with Gasteiger partial charge in [0.1, 0.15) is 0 Å². The van der Waals surface area contributed by atoms with Crippen LogP contribution in [0.3, 0.4) is 0 Å². The van der Waals surface area contributed by atoms with Crippen molar-refractivity contribution in [1.82, 2.24) is 0 Å². The average molecular weight is 134 g/mol. The Balaban J connectivity index is 3.46. The first-order valence-corrected chi connectivity index (χ1v) is 2.65.